The lowest BCUT2D eigenvalue weighted by Gasteiger charge is -2.29. The van der Waals surface area contributed by atoms with Crippen molar-refractivity contribution in [3.63, 3.8) is 0 Å². The average molecular weight is 596 g/mol. The molecular weight excluding hydrogens is 558 g/mol. The molecule has 46 heavy (non-hydrogen) atoms. The first-order chi connectivity index (χ1) is 22.3. The second-order valence-corrected chi connectivity index (χ2v) is 14.0. The highest BCUT2D eigenvalue weighted by Gasteiger charge is 2.39. The molecule has 0 N–H and O–H groups in total. The van der Waals surface area contributed by atoms with Gasteiger partial charge in [-0.15, -0.1) is 0 Å². The maximum absolute atomic E-state index is 5.30. The minimum absolute atomic E-state index is 0.00187. The molecule has 0 atom stereocenters. The molecule has 3 aliphatic rings. The van der Waals surface area contributed by atoms with E-state index in [1.54, 1.807) is 5.57 Å². The molecule has 3 nitrogen and oxygen atoms in total. The van der Waals surface area contributed by atoms with Gasteiger partial charge < -0.3 is 4.90 Å². The summed E-state index contributed by atoms with van der Waals surface area (Å²) >= 11 is 0. The largest absolute Gasteiger partial charge is 0.310 e. The molecule has 2 heterocycles. The zero-order valence-electron chi connectivity index (χ0n) is 26.9. The highest BCUT2D eigenvalue weighted by Crippen LogP contribution is 2.52. The lowest BCUT2D eigenvalue weighted by atomic mass is 9.78. The molecule has 224 valence electrons. The van der Waals surface area contributed by atoms with Crippen molar-refractivity contribution >= 4 is 33.7 Å². The number of hydrogen-bond donors (Lipinski definition) is 0. The molecule has 5 aromatic carbocycles. The van der Waals surface area contributed by atoms with Gasteiger partial charge in [0.05, 0.1) is 22.1 Å². The molecule has 1 aliphatic heterocycles. The van der Waals surface area contributed by atoms with Crippen molar-refractivity contribution in [2.45, 2.75) is 51.4 Å². The summed E-state index contributed by atoms with van der Waals surface area (Å²) < 4.78 is 2.36. The molecule has 0 bridgehead atoms. The fraction of sp³-hybridized carbons (Fsp3) is 0.186. The van der Waals surface area contributed by atoms with Crippen LogP contribution in [0.3, 0.4) is 0 Å². The van der Waals surface area contributed by atoms with Gasteiger partial charge in [-0.1, -0.05) is 98.3 Å². The van der Waals surface area contributed by atoms with Gasteiger partial charge in [0.1, 0.15) is 5.82 Å². The van der Waals surface area contributed by atoms with E-state index in [9.17, 15) is 0 Å². The Kier molecular flexibility index (Phi) is 5.72. The second kappa shape index (κ2) is 9.67. The summed E-state index contributed by atoms with van der Waals surface area (Å²) in [5.74, 6) is 1.10. The zero-order chi connectivity index (χ0) is 31.2. The number of nitrogens with zero attached hydrogens (tertiary/aromatic N) is 3. The van der Waals surface area contributed by atoms with Crippen molar-refractivity contribution < 1.29 is 0 Å². The Hall–Kier alpha value is -5.15. The van der Waals surface area contributed by atoms with E-state index in [1.165, 1.54) is 44.8 Å². The van der Waals surface area contributed by atoms with Crippen molar-refractivity contribution in [1.29, 1.82) is 0 Å². The number of imidazole rings is 1. The summed E-state index contributed by atoms with van der Waals surface area (Å²) in [5, 5.41) is 0. The van der Waals surface area contributed by atoms with Crippen molar-refractivity contribution in [1.82, 2.24) is 9.55 Å². The maximum Gasteiger partial charge on any atom is 0.124 e. The monoisotopic (exact) mass is 595 g/mol. The number of aromatic nitrogens is 2. The van der Waals surface area contributed by atoms with Gasteiger partial charge in [0.2, 0.25) is 0 Å². The smallest absolute Gasteiger partial charge is 0.124 e. The highest BCUT2D eigenvalue weighted by atomic mass is 15.2. The molecule has 0 unspecified atom stereocenters. The molecule has 0 radical (unpaired) electrons. The Morgan fingerprint density at radius 3 is 2.17 bits per heavy atom. The number of benzene rings is 5. The third-order valence-electron chi connectivity index (χ3n) is 10.7. The van der Waals surface area contributed by atoms with Gasteiger partial charge >= 0.3 is 0 Å². The van der Waals surface area contributed by atoms with Crippen LogP contribution in [-0.2, 0) is 10.8 Å². The molecule has 0 spiro atoms. The standard InChI is InChI=1S/C43H37N3/c1-42(2)35-15-9-8-14-33(35)34-24-22-31(26-37(34)42)45(30-20-18-29(19-21-30)28-12-6-5-7-13-28)32-23-25-40-38(27-32)44-41-43(3,4)36-16-10-11-17-39(36)46(40)41/h5-8,10-14,16-27H,9,15H2,1-4H3. The first-order valence-electron chi connectivity index (χ1n) is 16.5. The SMILES string of the molecule is CC1(C)C2=C(C=CCC2)c2ccc(N(c3ccc(-c4ccccc4)cc3)c3ccc4c(c3)nc3n4-c4ccccc4C3(C)C)cc21. The van der Waals surface area contributed by atoms with Crippen LogP contribution < -0.4 is 4.90 Å². The average Bonchev–Trinajstić information content (AvgIpc) is 3.66. The third kappa shape index (κ3) is 3.81. The third-order valence-corrected chi connectivity index (χ3v) is 10.7. The van der Waals surface area contributed by atoms with Crippen LogP contribution in [0.25, 0.3) is 33.4 Å². The van der Waals surface area contributed by atoms with Gasteiger partial charge in [-0.05, 0) is 109 Å². The predicted molar refractivity (Wildman–Crippen MR) is 192 cm³/mol. The predicted octanol–water partition coefficient (Wildman–Crippen LogP) is 11.2. The van der Waals surface area contributed by atoms with E-state index in [1.807, 2.05) is 0 Å². The lowest BCUT2D eigenvalue weighted by Crippen LogP contribution is -2.18. The molecule has 0 amide bonds. The van der Waals surface area contributed by atoms with Crippen LogP contribution in [0.1, 0.15) is 63.1 Å². The first kappa shape index (κ1) is 27.2. The van der Waals surface area contributed by atoms with E-state index in [0.717, 1.165) is 41.1 Å². The zero-order valence-corrected chi connectivity index (χ0v) is 26.9. The molecule has 3 heteroatoms. The van der Waals surface area contributed by atoms with Gasteiger partial charge in [-0.3, -0.25) is 4.57 Å². The van der Waals surface area contributed by atoms with Gasteiger partial charge in [-0.25, -0.2) is 4.98 Å². The van der Waals surface area contributed by atoms with Crippen LogP contribution in [0.15, 0.2) is 133 Å². The van der Waals surface area contributed by atoms with E-state index in [0.29, 0.717) is 0 Å². The number of allylic oxidation sites excluding steroid dienone is 4. The molecular formula is C43H37N3. The van der Waals surface area contributed by atoms with Gasteiger partial charge in [0.15, 0.2) is 0 Å². The van der Waals surface area contributed by atoms with Crippen molar-refractivity contribution in [2.24, 2.45) is 0 Å². The van der Waals surface area contributed by atoms with E-state index < -0.39 is 0 Å². The van der Waals surface area contributed by atoms with E-state index in [-0.39, 0.29) is 10.8 Å². The van der Waals surface area contributed by atoms with E-state index in [2.05, 4.69) is 165 Å². The van der Waals surface area contributed by atoms with Gasteiger partial charge in [0, 0.05) is 22.5 Å². The number of para-hydroxylation sites is 1. The molecule has 0 fully saturated rings. The fourth-order valence-electron chi connectivity index (χ4n) is 8.22. The highest BCUT2D eigenvalue weighted by molar-refractivity contribution is 5.91. The van der Waals surface area contributed by atoms with Crippen LogP contribution in [0, 0.1) is 0 Å². The normalized spacial score (nSPS) is 16.7. The summed E-state index contributed by atoms with van der Waals surface area (Å²) in [5.41, 5.74) is 16.2. The first-order valence-corrected chi connectivity index (χ1v) is 16.5. The van der Waals surface area contributed by atoms with E-state index in [4.69, 9.17) is 4.98 Å². The topological polar surface area (TPSA) is 21.1 Å². The molecule has 6 aromatic rings. The molecule has 2 aliphatic carbocycles. The Morgan fingerprint density at radius 1 is 0.652 bits per heavy atom. The number of anilines is 3. The number of rotatable bonds is 4. The summed E-state index contributed by atoms with van der Waals surface area (Å²) in [4.78, 5) is 7.70. The van der Waals surface area contributed by atoms with Crippen LogP contribution in [0.5, 0.6) is 0 Å². The minimum atomic E-state index is -0.158. The Bertz CT molecular complexity index is 2240. The molecule has 1 aromatic heterocycles. The summed E-state index contributed by atoms with van der Waals surface area (Å²) in [6.07, 6.45) is 6.93. The van der Waals surface area contributed by atoms with Crippen molar-refractivity contribution in [3.8, 4) is 16.8 Å². The van der Waals surface area contributed by atoms with Crippen molar-refractivity contribution in [3.05, 3.63) is 156 Å². The molecule has 0 saturated carbocycles. The number of hydrogen-bond acceptors (Lipinski definition) is 2. The summed E-state index contributed by atoms with van der Waals surface area (Å²) in [7, 11) is 0. The van der Waals surface area contributed by atoms with Crippen molar-refractivity contribution in [2.75, 3.05) is 4.90 Å². The Labute approximate surface area is 271 Å². The van der Waals surface area contributed by atoms with E-state index >= 15 is 0 Å². The minimum Gasteiger partial charge on any atom is -0.310 e. The molecule has 0 saturated heterocycles. The second-order valence-electron chi connectivity index (χ2n) is 14.0. The van der Waals surface area contributed by atoms with Gasteiger partial charge in [-0.2, -0.15) is 0 Å². The van der Waals surface area contributed by atoms with Crippen LogP contribution in [-0.4, -0.2) is 9.55 Å². The van der Waals surface area contributed by atoms with Crippen LogP contribution >= 0.6 is 0 Å². The van der Waals surface area contributed by atoms with Gasteiger partial charge in [0.25, 0.3) is 0 Å². The quantitative estimate of drug-likeness (QED) is 0.202. The summed E-state index contributed by atoms with van der Waals surface area (Å²) in [6, 6.07) is 42.2. The maximum atomic E-state index is 5.30. The van der Waals surface area contributed by atoms with Crippen LogP contribution in [0.2, 0.25) is 0 Å². The summed E-state index contributed by atoms with van der Waals surface area (Å²) in [6.45, 7) is 9.36. The Balaban J connectivity index is 1.20. The lowest BCUT2D eigenvalue weighted by molar-refractivity contribution is 0.607. The number of fused-ring (bicyclic) bond motifs is 7. The fourth-order valence-corrected chi connectivity index (χ4v) is 8.22. The molecule has 9 rings (SSSR count). The Morgan fingerprint density at radius 2 is 1.35 bits per heavy atom. The van der Waals surface area contributed by atoms with Crippen LogP contribution in [0.4, 0.5) is 17.1 Å².